The van der Waals surface area contributed by atoms with E-state index in [0.717, 1.165) is 25.5 Å². The van der Waals surface area contributed by atoms with Crippen LogP contribution in [0.15, 0.2) is 4.99 Å². The zero-order valence-electron chi connectivity index (χ0n) is 10.2. The molecule has 90 valence electrons. The van der Waals surface area contributed by atoms with E-state index in [-0.39, 0.29) is 12.5 Å². The minimum absolute atomic E-state index is 0.192. The van der Waals surface area contributed by atoms with Crippen LogP contribution in [-0.4, -0.2) is 37.3 Å². The Morgan fingerprint density at radius 1 is 1.33 bits per heavy atom. The first kappa shape index (κ1) is 14.2. The predicted octanol–water partition coefficient (Wildman–Crippen LogP) is 0.970. The Bertz CT molecular complexity index is 171. The topological polar surface area (TPSA) is 56.7 Å². The summed E-state index contributed by atoms with van der Waals surface area (Å²) in [5.41, 5.74) is 0. The highest BCUT2D eigenvalue weighted by Gasteiger charge is 2.00. The van der Waals surface area contributed by atoms with E-state index in [4.69, 9.17) is 5.11 Å². The fourth-order valence-corrected chi connectivity index (χ4v) is 1.03. The zero-order chi connectivity index (χ0) is 11.5. The fourth-order valence-electron chi connectivity index (χ4n) is 1.03. The van der Waals surface area contributed by atoms with E-state index in [1.807, 2.05) is 13.8 Å². The van der Waals surface area contributed by atoms with E-state index in [2.05, 4.69) is 22.5 Å². The minimum atomic E-state index is 0.192. The van der Waals surface area contributed by atoms with Gasteiger partial charge < -0.3 is 15.7 Å². The monoisotopic (exact) mass is 215 g/mol. The molecule has 15 heavy (non-hydrogen) atoms. The molecule has 0 aliphatic rings. The molecule has 0 amide bonds. The average molecular weight is 215 g/mol. The van der Waals surface area contributed by atoms with Crippen molar-refractivity contribution in [1.29, 1.82) is 0 Å². The molecule has 0 aromatic heterocycles. The summed E-state index contributed by atoms with van der Waals surface area (Å²) in [6.07, 6.45) is 2.33. The predicted molar refractivity (Wildman–Crippen MR) is 65.1 cm³/mol. The minimum Gasteiger partial charge on any atom is -0.396 e. The van der Waals surface area contributed by atoms with Crippen molar-refractivity contribution in [2.24, 2.45) is 10.9 Å². The molecule has 0 aliphatic carbocycles. The van der Waals surface area contributed by atoms with Gasteiger partial charge in [-0.05, 0) is 19.3 Å². The largest absolute Gasteiger partial charge is 0.396 e. The molecule has 1 unspecified atom stereocenters. The van der Waals surface area contributed by atoms with Gasteiger partial charge in [-0.1, -0.05) is 20.3 Å². The van der Waals surface area contributed by atoms with Crippen molar-refractivity contribution in [2.45, 2.75) is 33.6 Å². The van der Waals surface area contributed by atoms with Crippen molar-refractivity contribution < 1.29 is 5.11 Å². The van der Waals surface area contributed by atoms with Crippen molar-refractivity contribution in [3.63, 3.8) is 0 Å². The highest BCUT2D eigenvalue weighted by Crippen LogP contribution is 1.92. The molecular weight excluding hydrogens is 190 g/mol. The number of nitrogens with one attached hydrogen (secondary N) is 2. The van der Waals surface area contributed by atoms with E-state index in [1.165, 1.54) is 6.42 Å². The highest BCUT2D eigenvalue weighted by atomic mass is 16.3. The summed E-state index contributed by atoms with van der Waals surface area (Å²) >= 11 is 0. The fraction of sp³-hybridized carbons (Fsp3) is 0.909. The summed E-state index contributed by atoms with van der Waals surface area (Å²) in [7, 11) is 0. The van der Waals surface area contributed by atoms with Crippen molar-refractivity contribution in [3.05, 3.63) is 0 Å². The van der Waals surface area contributed by atoms with Crippen LogP contribution < -0.4 is 10.6 Å². The maximum atomic E-state index is 8.88. The Labute approximate surface area is 93.2 Å². The Hall–Kier alpha value is -0.770. The van der Waals surface area contributed by atoms with Crippen LogP contribution >= 0.6 is 0 Å². The number of rotatable bonds is 7. The van der Waals surface area contributed by atoms with Crippen LogP contribution in [0.4, 0.5) is 0 Å². The smallest absolute Gasteiger partial charge is 0.191 e. The molecule has 0 bridgehead atoms. The van der Waals surface area contributed by atoms with Crippen LogP contribution in [0, 0.1) is 5.92 Å². The van der Waals surface area contributed by atoms with Crippen LogP contribution in [0.3, 0.4) is 0 Å². The van der Waals surface area contributed by atoms with Crippen LogP contribution in [-0.2, 0) is 0 Å². The number of hydrogen-bond acceptors (Lipinski definition) is 2. The quantitative estimate of drug-likeness (QED) is 0.337. The number of unbranched alkanes of at least 4 members (excludes halogenated alkanes) is 1. The molecular formula is C11H25N3O. The van der Waals surface area contributed by atoms with Crippen molar-refractivity contribution in [2.75, 3.05) is 26.2 Å². The molecule has 0 saturated heterocycles. The molecule has 3 N–H and O–H groups in total. The summed E-state index contributed by atoms with van der Waals surface area (Å²) in [4.78, 5) is 4.39. The summed E-state index contributed by atoms with van der Waals surface area (Å²) in [6.45, 7) is 8.88. The summed E-state index contributed by atoms with van der Waals surface area (Å²) in [5.74, 6) is 1.08. The summed E-state index contributed by atoms with van der Waals surface area (Å²) < 4.78 is 0. The lowest BCUT2D eigenvalue weighted by Gasteiger charge is -2.11. The molecule has 0 rings (SSSR count). The first-order valence-electron chi connectivity index (χ1n) is 5.87. The lowest BCUT2D eigenvalue weighted by atomic mass is 10.2. The third-order valence-electron chi connectivity index (χ3n) is 2.04. The molecule has 0 aromatic carbocycles. The van der Waals surface area contributed by atoms with Crippen LogP contribution in [0.25, 0.3) is 0 Å². The van der Waals surface area contributed by atoms with Crippen LogP contribution in [0.5, 0.6) is 0 Å². The first-order chi connectivity index (χ1) is 7.24. The molecule has 1 atom stereocenters. The van der Waals surface area contributed by atoms with Crippen molar-refractivity contribution in [1.82, 2.24) is 10.6 Å². The SMILES string of the molecule is CCCCNC(=NCC(C)CO)NCC. The van der Waals surface area contributed by atoms with Gasteiger partial charge in [-0.25, -0.2) is 0 Å². The van der Waals surface area contributed by atoms with E-state index in [9.17, 15) is 0 Å². The second-order valence-electron chi connectivity index (χ2n) is 3.79. The molecule has 4 nitrogen and oxygen atoms in total. The Morgan fingerprint density at radius 2 is 2.07 bits per heavy atom. The second kappa shape index (κ2) is 9.77. The van der Waals surface area contributed by atoms with Gasteiger partial charge >= 0.3 is 0 Å². The Balaban J connectivity index is 3.89. The molecule has 0 aliphatic heterocycles. The second-order valence-corrected chi connectivity index (χ2v) is 3.79. The molecule has 0 heterocycles. The number of nitrogens with zero attached hydrogens (tertiary/aromatic N) is 1. The normalized spacial score (nSPS) is 13.7. The molecule has 0 fully saturated rings. The van der Waals surface area contributed by atoms with Gasteiger partial charge in [0, 0.05) is 26.2 Å². The van der Waals surface area contributed by atoms with Gasteiger partial charge in [0.1, 0.15) is 0 Å². The van der Waals surface area contributed by atoms with Crippen LogP contribution in [0.2, 0.25) is 0 Å². The zero-order valence-corrected chi connectivity index (χ0v) is 10.2. The van der Waals surface area contributed by atoms with Gasteiger partial charge in [0.2, 0.25) is 0 Å². The maximum Gasteiger partial charge on any atom is 0.191 e. The van der Waals surface area contributed by atoms with Gasteiger partial charge in [0.15, 0.2) is 5.96 Å². The number of aliphatic hydroxyl groups is 1. The number of aliphatic imine (C=N–C) groups is 1. The van der Waals surface area contributed by atoms with Crippen LogP contribution in [0.1, 0.15) is 33.6 Å². The van der Waals surface area contributed by atoms with Crippen molar-refractivity contribution >= 4 is 5.96 Å². The van der Waals surface area contributed by atoms with E-state index < -0.39 is 0 Å². The van der Waals surface area contributed by atoms with Crippen molar-refractivity contribution in [3.8, 4) is 0 Å². The number of aliphatic hydroxyl groups excluding tert-OH is 1. The van der Waals surface area contributed by atoms with Gasteiger partial charge in [0.25, 0.3) is 0 Å². The average Bonchev–Trinajstić information content (AvgIpc) is 2.25. The lowest BCUT2D eigenvalue weighted by Crippen LogP contribution is -2.38. The maximum absolute atomic E-state index is 8.88. The number of guanidine groups is 1. The molecule has 0 saturated carbocycles. The van der Waals surface area contributed by atoms with E-state index >= 15 is 0 Å². The lowest BCUT2D eigenvalue weighted by molar-refractivity contribution is 0.241. The van der Waals surface area contributed by atoms with Gasteiger partial charge in [-0.15, -0.1) is 0 Å². The third kappa shape index (κ3) is 8.24. The summed E-state index contributed by atoms with van der Waals surface area (Å²) in [6, 6.07) is 0. The molecule has 4 heteroatoms. The molecule has 0 radical (unpaired) electrons. The van der Waals surface area contributed by atoms with Gasteiger partial charge in [-0.3, -0.25) is 4.99 Å². The van der Waals surface area contributed by atoms with E-state index in [0.29, 0.717) is 6.54 Å². The van der Waals surface area contributed by atoms with E-state index in [1.54, 1.807) is 0 Å². The standard InChI is InChI=1S/C11H25N3O/c1-4-6-7-13-11(12-5-2)14-8-10(3)9-15/h10,15H,4-9H2,1-3H3,(H2,12,13,14). The Kier molecular flexibility index (Phi) is 9.27. The molecule has 0 aromatic rings. The highest BCUT2D eigenvalue weighted by molar-refractivity contribution is 5.79. The first-order valence-corrected chi connectivity index (χ1v) is 5.87. The third-order valence-corrected chi connectivity index (χ3v) is 2.04. The van der Waals surface area contributed by atoms with Gasteiger partial charge in [-0.2, -0.15) is 0 Å². The number of hydrogen-bond donors (Lipinski definition) is 3. The Morgan fingerprint density at radius 3 is 2.60 bits per heavy atom. The summed E-state index contributed by atoms with van der Waals surface area (Å²) in [5, 5.41) is 15.3. The molecule has 0 spiro atoms. The van der Waals surface area contributed by atoms with Gasteiger partial charge in [0.05, 0.1) is 0 Å².